The van der Waals surface area contributed by atoms with Gasteiger partial charge >= 0.3 is 0 Å². The number of carbonyl (C=O) groups excluding carboxylic acids is 2. The summed E-state index contributed by atoms with van der Waals surface area (Å²) in [6.45, 7) is 2.16. The summed E-state index contributed by atoms with van der Waals surface area (Å²) in [5.74, 6) is -0.222. The minimum absolute atomic E-state index is 0. The fraction of sp³-hybridized carbons (Fsp3) is 0.529. The molecule has 0 radical (unpaired) electrons. The maximum atomic E-state index is 12.3. The molecule has 0 aliphatic carbocycles. The second-order valence-electron chi connectivity index (χ2n) is 6.14. The Morgan fingerprint density at radius 1 is 1.38 bits per heavy atom. The lowest BCUT2D eigenvalue weighted by molar-refractivity contribution is -0.126. The standard InChI is InChI=1S/C17H23N3O2S.ClH/c1-23-15-6-4-14(5-7-15)20-11-12(9-16(20)21)17(22)19-10-13-3-2-8-18-13;/h4-7,12-13,18H,2-3,8-11H2,1H3,(H,19,22);1H. The first-order valence-electron chi connectivity index (χ1n) is 8.13. The van der Waals surface area contributed by atoms with Crippen LogP contribution in [0, 0.1) is 5.92 Å². The number of halogens is 1. The van der Waals surface area contributed by atoms with E-state index in [1.165, 1.54) is 11.3 Å². The van der Waals surface area contributed by atoms with E-state index in [1.807, 2.05) is 30.5 Å². The number of nitrogens with zero attached hydrogens (tertiary/aromatic N) is 1. The number of carbonyl (C=O) groups is 2. The Morgan fingerprint density at radius 2 is 2.12 bits per heavy atom. The normalized spacial score (nSPS) is 23.2. The quantitative estimate of drug-likeness (QED) is 0.780. The van der Waals surface area contributed by atoms with Crippen LogP contribution in [0.4, 0.5) is 5.69 Å². The molecule has 2 N–H and O–H groups in total. The topological polar surface area (TPSA) is 61.4 Å². The van der Waals surface area contributed by atoms with Crippen LogP contribution in [0.15, 0.2) is 29.2 Å². The molecular formula is C17H24ClN3O2S. The molecule has 1 aromatic carbocycles. The number of hydrogen-bond acceptors (Lipinski definition) is 4. The smallest absolute Gasteiger partial charge is 0.227 e. The Bertz CT molecular complexity index is 576. The maximum absolute atomic E-state index is 12.3. The van der Waals surface area contributed by atoms with E-state index in [0.29, 0.717) is 25.6 Å². The maximum Gasteiger partial charge on any atom is 0.227 e. The number of anilines is 1. The summed E-state index contributed by atoms with van der Waals surface area (Å²) in [5.41, 5.74) is 0.876. The van der Waals surface area contributed by atoms with Crippen LogP contribution in [-0.2, 0) is 9.59 Å². The van der Waals surface area contributed by atoms with Crippen molar-refractivity contribution in [2.45, 2.75) is 30.2 Å². The zero-order chi connectivity index (χ0) is 16.2. The van der Waals surface area contributed by atoms with E-state index in [4.69, 9.17) is 0 Å². The van der Waals surface area contributed by atoms with Crippen molar-refractivity contribution < 1.29 is 9.59 Å². The van der Waals surface area contributed by atoms with Crippen molar-refractivity contribution in [2.24, 2.45) is 5.92 Å². The van der Waals surface area contributed by atoms with E-state index in [0.717, 1.165) is 18.7 Å². The Morgan fingerprint density at radius 3 is 2.75 bits per heavy atom. The first-order valence-corrected chi connectivity index (χ1v) is 9.35. The van der Waals surface area contributed by atoms with Gasteiger partial charge in [-0.2, -0.15) is 0 Å². The van der Waals surface area contributed by atoms with Crippen LogP contribution in [0.3, 0.4) is 0 Å². The number of nitrogens with one attached hydrogen (secondary N) is 2. The predicted molar refractivity (Wildman–Crippen MR) is 100.0 cm³/mol. The summed E-state index contributed by atoms with van der Waals surface area (Å²) in [5, 5.41) is 6.36. The van der Waals surface area contributed by atoms with Gasteiger partial charge in [0.25, 0.3) is 0 Å². The Labute approximate surface area is 153 Å². The second kappa shape index (κ2) is 8.74. The molecule has 7 heteroatoms. The fourth-order valence-electron chi connectivity index (χ4n) is 3.19. The molecule has 5 nitrogen and oxygen atoms in total. The van der Waals surface area contributed by atoms with Crippen LogP contribution in [-0.4, -0.2) is 43.7 Å². The van der Waals surface area contributed by atoms with E-state index in [2.05, 4.69) is 10.6 Å². The lowest BCUT2D eigenvalue weighted by Gasteiger charge is -2.17. The van der Waals surface area contributed by atoms with Crippen molar-refractivity contribution in [3.63, 3.8) is 0 Å². The summed E-state index contributed by atoms with van der Waals surface area (Å²) < 4.78 is 0. The first kappa shape index (κ1) is 19.1. The molecule has 132 valence electrons. The lowest BCUT2D eigenvalue weighted by atomic mass is 10.1. The summed E-state index contributed by atoms with van der Waals surface area (Å²) >= 11 is 1.67. The Kier molecular flexibility index (Phi) is 6.95. The predicted octanol–water partition coefficient (Wildman–Crippen LogP) is 2.05. The molecule has 1 aromatic rings. The Balaban J connectivity index is 0.00000208. The third-order valence-corrected chi connectivity index (χ3v) is 5.31. The minimum atomic E-state index is -0.246. The summed E-state index contributed by atoms with van der Waals surface area (Å²) in [7, 11) is 0. The van der Waals surface area contributed by atoms with Gasteiger partial charge in [0.1, 0.15) is 0 Å². The van der Waals surface area contributed by atoms with E-state index < -0.39 is 0 Å². The summed E-state index contributed by atoms with van der Waals surface area (Å²) in [4.78, 5) is 27.4. The highest BCUT2D eigenvalue weighted by Gasteiger charge is 2.35. The molecule has 0 bridgehead atoms. The highest BCUT2D eigenvalue weighted by molar-refractivity contribution is 7.98. The van der Waals surface area contributed by atoms with Crippen LogP contribution >= 0.6 is 24.2 Å². The molecular weight excluding hydrogens is 346 g/mol. The highest BCUT2D eigenvalue weighted by Crippen LogP contribution is 2.27. The molecule has 2 fully saturated rings. The highest BCUT2D eigenvalue weighted by atomic mass is 35.5. The molecule has 2 aliphatic rings. The SMILES string of the molecule is CSc1ccc(N2CC(C(=O)NCC3CCCN3)CC2=O)cc1.Cl. The van der Waals surface area contributed by atoms with Gasteiger partial charge in [-0.15, -0.1) is 24.2 Å². The number of thioether (sulfide) groups is 1. The molecule has 0 aromatic heterocycles. The summed E-state index contributed by atoms with van der Waals surface area (Å²) in [6.07, 6.45) is 4.60. The molecule has 2 unspecified atom stereocenters. The van der Waals surface area contributed by atoms with Gasteiger partial charge in [0.05, 0.1) is 5.92 Å². The molecule has 24 heavy (non-hydrogen) atoms. The van der Waals surface area contributed by atoms with Crippen molar-refractivity contribution in [1.82, 2.24) is 10.6 Å². The molecule has 2 aliphatic heterocycles. The van der Waals surface area contributed by atoms with Crippen LogP contribution < -0.4 is 15.5 Å². The van der Waals surface area contributed by atoms with Gasteiger partial charge in [-0.3, -0.25) is 9.59 Å². The van der Waals surface area contributed by atoms with Gasteiger partial charge in [0.2, 0.25) is 11.8 Å². The lowest BCUT2D eigenvalue weighted by Crippen LogP contribution is -2.40. The van der Waals surface area contributed by atoms with Gasteiger partial charge in [0, 0.05) is 36.1 Å². The first-order chi connectivity index (χ1) is 11.2. The minimum Gasteiger partial charge on any atom is -0.354 e. The van der Waals surface area contributed by atoms with Crippen LogP contribution in [0.1, 0.15) is 19.3 Å². The molecule has 2 saturated heterocycles. The Hall–Kier alpha value is -1.24. The van der Waals surface area contributed by atoms with Crippen molar-refractivity contribution in [3.05, 3.63) is 24.3 Å². The second-order valence-corrected chi connectivity index (χ2v) is 7.02. The van der Waals surface area contributed by atoms with Crippen LogP contribution in [0.2, 0.25) is 0 Å². The molecule has 2 amide bonds. The van der Waals surface area contributed by atoms with Gasteiger partial charge in [-0.1, -0.05) is 0 Å². The van der Waals surface area contributed by atoms with Crippen LogP contribution in [0.5, 0.6) is 0 Å². The molecule has 2 heterocycles. The van der Waals surface area contributed by atoms with E-state index in [-0.39, 0.29) is 30.1 Å². The van der Waals surface area contributed by atoms with Gasteiger partial charge in [0.15, 0.2) is 0 Å². The third kappa shape index (κ3) is 4.43. The average Bonchev–Trinajstić information content (AvgIpc) is 3.22. The van der Waals surface area contributed by atoms with E-state index >= 15 is 0 Å². The molecule has 2 atom stereocenters. The summed E-state index contributed by atoms with van der Waals surface area (Å²) in [6, 6.07) is 8.30. The van der Waals surface area contributed by atoms with Crippen LogP contribution in [0.25, 0.3) is 0 Å². The van der Waals surface area contributed by atoms with Crippen molar-refractivity contribution in [1.29, 1.82) is 0 Å². The van der Waals surface area contributed by atoms with Crippen molar-refractivity contribution >= 4 is 41.7 Å². The van der Waals surface area contributed by atoms with E-state index in [9.17, 15) is 9.59 Å². The number of benzene rings is 1. The average molecular weight is 370 g/mol. The van der Waals surface area contributed by atoms with Gasteiger partial charge in [-0.05, 0) is 49.9 Å². The molecule has 0 spiro atoms. The monoisotopic (exact) mass is 369 g/mol. The van der Waals surface area contributed by atoms with Crippen molar-refractivity contribution in [2.75, 3.05) is 30.8 Å². The number of rotatable bonds is 5. The van der Waals surface area contributed by atoms with E-state index in [1.54, 1.807) is 16.7 Å². The zero-order valence-corrected chi connectivity index (χ0v) is 15.4. The molecule has 0 saturated carbocycles. The third-order valence-electron chi connectivity index (χ3n) is 4.56. The molecule has 3 rings (SSSR count). The van der Waals surface area contributed by atoms with Gasteiger partial charge in [-0.25, -0.2) is 0 Å². The van der Waals surface area contributed by atoms with Crippen molar-refractivity contribution in [3.8, 4) is 0 Å². The number of hydrogen-bond donors (Lipinski definition) is 2. The fourth-order valence-corrected chi connectivity index (χ4v) is 3.60. The largest absolute Gasteiger partial charge is 0.354 e. The zero-order valence-electron chi connectivity index (χ0n) is 13.8. The number of amides is 2. The van der Waals surface area contributed by atoms with Gasteiger partial charge < -0.3 is 15.5 Å².